The van der Waals surface area contributed by atoms with Gasteiger partial charge < -0.3 is 15.4 Å². The fraction of sp³-hybridized carbons (Fsp3) is 0.364. The second kappa shape index (κ2) is 11.6. The number of sulfone groups is 1. The van der Waals surface area contributed by atoms with Crippen LogP contribution in [0, 0.1) is 0 Å². The summed E-state index contributed by atoms with van der Waals surface area (Å²) in [5.74, 6) is 1.46. The number of anilines is 1. The van der Waals surface area contributed by atoms with Gasteiger partial charge in [0, 0.05) is 23.4 Å². The molecule has 1 heterocycles. The molecule has 0 saturated carbocycles. The number of rotatable bonds is 9. The van der Waals surface area contributed by atoms with Crippen LogP contribution >= 0.6 is 23.5 Å². The molecule has 2 amide bonds. The first-order chi connectivity index (χ1) is 15.3. The zero-order chi connectivity index (χ0) is 23.0. The van der Waals surface area contributed by atoms with Gasteiger partial charge in [0.25, 0.3) is 0 Å². The average molecular weight is 495 g/mol. The highest BCUT2D eigenvalue weighted by atomic mass is 32.2. The molecule has 1 unspecified atom stereocenters. The van der Waals surface area contributed by atoms with Gasteiger partial charge in [-0.15, -0.1) is 23.5 Å². The van der Waals surface area contributed by atoms with E-state index in [-0.39, 0.29) is 18.8 Å². The molecule has 0 aromatic heterocycles. The third kappa shape index (κ3) is 8.07. The predicted octanol–water partition coefficient (Wildman–Crippen LogP) is 3.83. The van der Waals surface area contributed by atoms with Crippen LogP contribution in [0.2, 0.25) is 0 Å². The molecule has 1 aliphatic rings. The van der Waals surface area contributed by atoms with Gasteiger partial charge in [0.05, 0.1) is 10.3 Å². The number of alkyl carbamates (subject to hydrolysis) is 1. The zero-order valence-corrected chi connectivity index (χ0v) is 20.1. The minimum absolute atomic E-state index is 0.0475. The largest absolute Gasteiger partial charge is 0.445 e. The highest BCUT2D eigenvalue weighted by molar-refractivity contribution is 8.19. The fourth-order valence-electron chi connectivity index (χ4n) is 3.05. The summed E-state index contributed by atoms with van der Waals surface area (Å²) in [5.41, 5.74) is 2.52. The molecule has 2 aromatic rings. The fourth-order valence-corrected chi connectivity index (χ4v) is 6.55. The summed E-state index contributed by atoms with van der Waals surface area (Å²) in [6, 6.07) is 15.7. The van der Waals surface area contributed by atoms with E-state index in [9.17, 15) is 18.0 Å². The molecule has 3 rings (SSSR count). The third-order valence-corrected chi connectivity index (χ3v) is 8.73. The molecule has 0 bridgehead atoms. The van der Waals surface area contributed by atoms with Gasteiger partial charge in [0.15, 0.2) is 0 Å². The van der Waals surface area contributed by atoms with E-state index in [0.717, 1.165) is 28.9 Å². The maximum atomic E-state index is 12.9. The summed E-state index contributed by atoms with van der Waals surface area (Å²) in [6.07, 6.45) is 0.255. The lowest BCUT2D eigenvalue weighted by Crippen LogP contribution is -2.45. The highest BCUT2D eigenvalue weighted by Gasteiger charge is 2.24. The maximum absolute atomic E-state index is 12.9. The summed E-state index contributed by atoms with van der Waals surface area (Å²) >= 11 is 3.72. The first kappa shape index (κ1) is 24.5. The minimum atomic E-state index is -3.31. The summed E-state index contributed by atoms with van der Waals surface area (Å²) in [6.45, 7) is 0.0475. The van der Waals surface area contributed by atoms with Gasteiger partial charge in [-0.05, 0) is 29.7 Å². The molecule has 1 fully saturated rings. The van der Waals surface area contributed by atoms with Crippen LogP contribution in [-0.2, 0) is 26.0 Å². The van der Waals surface area contributed by atoms with E-state index < -0.39 is 27.9 Å². The van der Waals surface area contributed by atoms with Gasteiger partial charge in [-0.3, -0.25) is 4.79 Å². The SMILES string of the molecule is CS(=O)(=O)CCC(NC(=O)OCc1ccccc1)C(=O)Nc1cccc(C2SCCS2)c1. The number of ether oxygens (including phenoxy) is 1. The lowest BCUT2D eigenvalue weighted by atomic mass is 10.2. The van der Waals surface area contributed by atoms with E-state index in [1.165, 1.54) is 0 Å². The topological polar surface area (TPSA) is 102 Å². The van der Waals surface area contributed by atoms with E-state index in [0.29, 0.717) is 10.3 Å². The molecule has 32 heavy (non-hydrogen) atoms. The van der Waals surface area contributed by atoms with Crippen LogP contribution in [0.25, 0.3) is 0 Å². The number of amides is 2. The van der Waals surface area contributed by atoms with Crippen molar-refractivity contribution in [1.82, 2.24) is 5.32 Å². The lowest BCUT2D eigenvalue weighted by Gasteiger charge is -2.19. The second-order valence-corrected chi connectivity index (χ2v) is 12.3. The van der Waals surface area contributed by atoms with Crippen molar-refractivity contribution in [1.29, 1.82) is 0 Å². The van der Waals surface area contributed by atoms with E-state index in [4.69, 9.17) is 4.74 Å². The number of carbonyl (C=O) groups is 2. The molecule has 0 radical (unpaired) electrons. The smallest absolute Gasteiger partial charge is 0.408 e. The summed E-state index contributed by atoms with van der Waals surface area (Å²) < 4.78 is 28.8. The number of benzene rings is 2. The van der Waals surface area contributed by atoms with Gasteiger partial charge in [-0.2, -0.15) is 0 Å². The number of nitrogens with one attached hydrogen (secondary N) is 2. The Kier molecular flexibility index (Phi) is 8.89. The van der Waals surface area contributed by atoms with E-state index in [2.05, 4.69) is 10.6 Å². The number of carbonyl (C=O) groups excluding carboxylic acids is 2. The van der Waals surface area contributed by atoms with Crippen molar-refractivity contribution in [2.24, 2.45) is 0 Å². The van der Waals surface area contributed by atoms with Crippen LogP contribution in [0.15, 0.2) is 54.6 Å². The molecule has 1 aliphatic heterocycles. The van der Waals surface area contributed by atoms with Crippen LogP contribution in [0.5, 0.6) is 0 Å². The normalized spacial score (nSPS) is 15.2. The summed E-state index contributed by atoms with van der Waals surface area (Å²) in [5, 5.41) is 5.30. The summed E-state index contributed by atoms with van der Waals surface area (Å²) in [7, 11) is -3.31. The van der Waals surface area contributed by atoms with Crippen molar-refractivity contribution in [2.45, 2.75) is 23.7 Å². The quantitative estimate of drug-likeness (QED) is 0.546. The number of hydrogen-bond acceptors (Lipinski definition) is 7. The molecule has 2 N–H and O–H groups in total. The van der Waals surface area contributed by atoms with Crippen molar-refractivity contribution < 1.29 is 22.7 Å². The van der Waals surface area contributed by atoms with Gasteiger partial charge in [-0.25, -0.2) is 13.2 Å². The van der Waals surface area contributed by atoms with Crippen molar-refractivity contribution >= 4 is 51.0 Å². The molecular weight excluding hydrogens is 468 g/mol. The first-order valence-corrected chi connectivity index (χ1v) is 14.2. The monoisotopic (exact) mass is 494 g/mol. The third-order valence-electron chi connectivity index (χ3n) is 4.65. The number of hydrogen-bond donors (Lipinski definition) is 2. The summed E-state index contributed by atoms with van der Waals surface area (Å²) in [4.78, 5) is 25.2. The standard InChI is InChI=1S/C22H26N2O5S3/c1-32(27,28)13-10-19(24-22(26)29-15-16-6-3-2-4-7-16)20(25)23-18-9-5-8-17(14-18)21-30-11-12-31-21/h2-9,14,19,21H,10-13,15H2,1H3,(H,23,25)(H,24,26). The van der Waals surface area contributed by atoms with Crippen molar-refractivity contribution in [3.05, 3.63) is 65.7 Å². The molecule has 0 aliphatic carbocycles. The Morgan fingerprint density at radius 2 is 1.81 bits per heavy atom. The Bertz CT molecular complexity index is 1020. The van der Waals surface area contributed by atoms with E-state index >= 15 is 0 Å². The Morgan fingerprint density at radius 3 is 2.50 bits per heavy atom. The molecule has 1 atom stereocenters. The Labute approximate surface area is 197 Å². The molecule has 10 heteroatoms. The molecular formula is C22H26N2O5S3. The van der Waals surface area contributed by atoms with Gasteiger partial charge in [0.1, 0.15) is 22.5 Å². The molecule has 1 saturated heterocycles. The molecule has 7 nitrogen and oxygen atoms in total. The molecule has 0 spiro atoms. The Morgan fingerprint density at radius 1 is 1.09 bits per heavy atom. The average Bonchev–Trinajstić information content (AvgIpc) is 3.30. The number of thioether (sulfide) groups is 2. The molecule has 2 aromatic carbocycles. The highest BCUT2D eigenvalue weighted by Crippen LogP contribution is 2.45. The van der Waals surface area contributed by atoms with Gasteiger partial charge in [-0.1, -0.05) is 42.5 Å². The zero-order valence-electron chi connectivity index (χ0n) is 17.7. The van der Waals surface area contributed by atoms with Crippen molar-refractivity contribution in [3.8, 4) is 0 Å². The van der Waals surface area contributed by atoms with Gasteiger partial charge >= 0.3 is 6.09 Å². The van der Waals surface area contributed by atoms with Crippen LogP contribution in [0.3, 0.4) is 0 Å². The van der Waals surface area contributed by atoms with Crippen LogP contribution in [0.4, 0.5) is 10.5 Å². The van der Waals surface area contributed by atoms with E-state index in [1.54, 1.807) is 6.07 Å². The minimum Gasteiger partial charge on any atom is -0.445 e. The maximum Gasteiger partial charge on any atom is 0.408 e. The van der Waals surface area contributed by atoms with Crippen LogP contribution < -0.4 is 10.6 Å². The predicted molar refractivity (Wildman–Crippen MR) is 131 cm³/mol. The first-order valence-electron chi connectivity index (χ1n) is 10.1. The lowest BCUT2D eigenvalue weighted by molar-refractivity contribution is -0.118. The molecule has 172 valence electrons. The Hall–Kier alpha value is -2.17. The van der Waals surface area contributed by atoms with E-state index in [1.807, 2.05) is 72.1 Å². The second-order valence-electron chi connectivity index (χ2n) is 7.37. The van der Waals surface area contributed by atoms with Crippen LogP contribution in [0.1, 0.15) is 22.1 Å². The van der Waals surface area contributed by atoms with Crippen LogP contribution in [-0.4, -0.2) is 50.0 Å². The Balaban J connectivity index is 1.63. The van der Waals surface area contributed by atoms with Gasteiger partial charge in [0.2, 0.25) is 5.91 Å². The van der Waals surface area contributed by atoms with Crippen molar-refractivity contribution in [3.63, 3.8) is 0 Å². The van der Waals surface area contributed by atoms with Crippen molar-refractivity contribution in [2.75, 3.05) is 28.8 Å².